The molecule has 1 N–H and O–H groups in total. The van der Waals surface area contributed by atoms with E-state index in [0.717, 1.165) is 25.2 Å². The third kappa shape index (κ3) is 4.46. The average Bonchev–Trinajstić information content (AvgIpc) is 3.25. The Bertz CT molecular complexity index is 795. The van der Waals surface area contributed by atoms with Crippen molar-refractivity contribution in [1.29, 1.82) is 0 Å². The molecule has 1 aliphatic rings. The fourth-order valence-electron chi connectivity index (χ4n) is 2.83. The third-order valence-corrected chi connectivity index (χ3v) is 4.22. The Balaban J connectivity index is 1.57. The first-order valence-electron chi connectivity index (χ1n) is 8.40. The van der Waals surface area contributed by atoms with Crippen molar-refractivity contribution in [3.8, 4) is 23.1 Å². The van der Waals surface area contributed by atoms with E-state index in [2.05, 4.69) is 27.2 Å². The molecule has 5 nitrogen and oxygen atoms in total. The summed E-state index contributed by atoms with van der Waals surface area (Å²) in [6.45, 7) is 3.30. The Hall–Kier alpha value is -2.65. The molecule has 6 heteroatoms. The van der Waals surface area contributed by atoms with Crippen LogP contribution in [0.2, 0.25) is 0 Å². The number of likely N-dealkylation sites (tertiary alicyclic amines) is 1. The van der Waals surface area contributed by atoms with Crippen LogP contribution in [0.1, 0.15) is 23.3 Å². The largest absolute Gasteiger partial charge is 0.340 e. The summed E-state index contributed by atoms with van der Waals surface area (Å²) in [4.78, 5) is 14.6. The number of nitrogens with zero attached hydrogens (tertiary/aromatic N) is 3. The number of nitrogens with one attached hydrogen (secondary N) is 1. The van der Waals surface area contributed by atoms with Crippen LogP contribution in [-0.2, 0) is 7.05 Å². The van der Waals surface area contributed by atoms with Crippen LogP contribution in [0.15, 0.2) is 30.3 Å². The number of benzene rings is 1. The SMILES string of the molecule is Cn1nc(-c2ccc(F)cc2)cc1C(=O)NCC#CCN1CCCC1. The van der Waals surface area contributed by atoms with Crippen molar-refractivity contribution < 1.29 is 9.18 Å². The van der Waals surface area contributed by atoms with Gasteiger partial charge >= 0.3 is 0 Å². The van der Waals surface area contributed by atoms with Crippen molar-refractivity contribution in [3.05, 3.63) is 41.8 Å². The van der Waals surface area contributed by atoms with Gasteiger partial charge in [0.15, 0.2) is 0 Å². The molecule has 0 atom stereocenters. The topological polar surface area (TPSA) is 50.2 Å². The van der Waals surface area contributed by atoms with Gasteiger partial charge in [0.25, 0.3) is 5.91 Å². The summed E-state index contributed by atoms with van der Waals surface area (Å²) >= 11 is 0. The van der Waals surface area contributed by atoms with Gasteiger partial charge in [-0.25, -0.2) is 4.39 Å². The highest BCUT2D eigenvalue weighted by Crippen LogP contribution is 2.19. The van der Waals surface area contributed by atoms with Crippen molar-refractivity contribution in [1.82, 2.24) is 20.0 Å². The standard InChI is InChI=1S/C19H21FN4O/c1-23-18(14-17(22-23)15-6-8-16(20)9-7-15)19(25)21-10-2-3-11-24-12-4-5-13-24/h6-9,14H,4-5,10-13H2,1H3,(H,21,25). The van der Waals surface area contributed by atoms with Gasteiger partial charge in [-0.2, -0.15) is 5.10 Å². The first kappa shape index (κ1) is 17.2. The molecule has 0 bridgehead atoms. The van der Waals surface area contributed by atoms with Crippen molar-refractivity contribution in [2.24, 2.45) is 7.05 Å². The minimum atomic E-state index is -0.301. The van der Waals surface area contributed by atoms with Crippen molar-refractivity contribution in [2.45, 2.75) is 12.8 Å². The Labute approximate surface area is 146 Å². The second-order valence-electron chi connectivity index (χ2n) is 6.06. The van der Waals surface area contributed by atoms with Gasteiger partial charge in [0.2, 0.25) is 0 Å². The number of aromatic nitrogens is 2. The van der Waals surface area contributed by atoms with Gasteiger partial charge in [-0.1, -0.05) is 11.8 Å². The van der Waals surface area contributed by atoms with Gasteiger partial charge < -0.3 is 5.32 Å². The zero-order chi connectivity index (χ0) is 17.6. The number of halogens is 1. The molecule has 3 rings (SSSR count). The van der Waals surface area contributed by atoms with Crippen LogP contribution in [0.3, 0.4) is 0 Å². The first-order chi connectivity index (χ1) is 12.1. The Morgan fingerprint density at radius 1 is 1.24 bits per heavy atom. The number of hydrogen-bond donors (Lipinski definition) is 1. The molecular formula is C19H21FN4O. The smallest absolute Gasteiger partial charge is 0.270 e. The van der Waals surface area contributed by atoms with Crippen LogP contribution in [0.4, 0.5) is 4.39 Å². The molecule has 0 unspecified atom stereocenters. The fourth-order valence-corrected chi connectivity index (χ4v) is 2.83. The summed E-state index contributed by atoms with van der Waals surface area (Å²) in [6, 6.07) is 7.73. The first-order valence-corrected chi connectivity index (χ1v) is 8.40. The predicted molar refractivity (Wildman–Crippen MR) is 94.4 cm³/mol. The van der Waals surface area contributed by atoms with Crippen molar-refractivity contribution in [3.63, 3.8) is 0 Å². The minimum absolute atomic E-state index is 0.223. The van der Waals surface area contributed by atoms with Gasteiger partial charge in [0, 0.05) is 12.6 Å². The van der Waals surface area contributed by atoms with Crippen LogP contribution < -0.4 is 5.32 Å². The highest BCUT2D eigenvalue weighted by Gasteiger charge is 2.13. The molecule has 0 radical (unpaired) electrons. The molecule has 2 heterocycles. The molecule has 25 heavy (non-hydrogen) atoms. The minimum Gasteiger partial charge on any atom is -0.340 e. The summed E-state index contributed by atoms with van der Waals surface area (Å²) in [7, 11) is 1.71. The fraction of sp³-hybridized carbons (Fsp3) is 0.368. The number of hydrogen-bond acceptors (Lipinski definition) is 3. The normalized spacial score (nSPS) is 14.2. The molecule has 0 aliphatic carbocycles. The number of carbonyl (C=O) groups is 1. The second kappa shape index (κ2) is 7.95. The maximum absolute atomic E-state index is 13.0. The molecule has 2 aromatic rings. The van der Waals surface area contributed by atoms with Gasteiger partial charge in [-0.15, -0.1) is 0 Å². The van der Waals surface area contributed by atoms with E-state index in [-0.39, 0.29) is 11.7 Å². The van der Waals surface area contributed by atoms with Crippen molar-refractivity contribution in [2.75, 3.05) is 26.2 Å². The molecule has 1 fully saturated rings. The number of aryl methyl sites for hydroxylation is 1. The molecular weight excluding hydrogens is 319 g/mol. The Morgan fingerprint density at radius 2 is 1.96 bits per heavy atom. The molecule has 0 saturated carbocycles. The van der Waals surface area contributed by atoms with E-state index in [4.69, 9.17) is 0 Å². The summed E-state index contributed by atoms with van der Waals surface area (Å²) in [5.74, 6) is 5.55. The highest BCUT2D eigenvalue weighted by molar-refractivity contribution is 5.93. The van der Waals surface area contributed by atoms with E-state index in [1.807, 2.05) is 0 Å². The quantitative estimate of drug-likeness (QED) is 0.867. The average molecular weight is 340 g/mol. The zero-order valence-corrected chi connectivity index (χ0v) is 14.3. The maximum atomic E-state index is 13.0. The van der Waals surface area contributed by atoms with Gasteiger partial charge in [-0.05, 0) is 56.3 Å². The van der Waals surface area contributed by atoms with Crippen molar-refractivity contribution >= 4 is 5.91 Å². The molecule has 0 spiro atoms. The summed E-state index contributed by atoms with van der Waals surface area (Å²) in [5, 5.41) is 7.11. The van der Waals surface area contributed by atoms with Crippen LogP contribution in [0.25, 0.3) is 11.3 Å². The zero-order valence-electron chi connectivity index (χ0n) is 14.3. The van der Waals surface area contributed by atoms with Gasteiger partial charge in [0.1, 0.15) is 11.5 Å². The van der Waals surface area contributed by atoms with E-state index < -0.39 is 0 Å². The molecule has 1 amide bonds. The lowest BCUT2D eigenvalue weighted by atomic mass is 10.1. The monoisotopic (exact) mass is 340 g/mol. The molecule has 1 aromatic heterocycles. The van der Waals surface area contributed by atoms with Crippen LogP contribution in [0.5, 0.6) is 0 Å². The van der Waals surface area contributed by atoms with E-state index in [9.17, 15) is 9.18 Å². The lowest BCUT2D eigenvalue weighted by molar-refractivity contribution is 0.0949. The lowest BCUT2D eigenvalue weighted by Crippen LogP contribution is -2.26. The molecule has 1 aliphatic heterocycles. The summed E-state index contributed by atoms with van der Waals surface area (Å²) in [5.41, 5.74) is 1.84. The number of rotatable bonds is 4. The Morgan fingerprint density at radius 3 is 2.68 bits per heavy atom. The highest BCUT2D eigenvalue weighted by atomic mass is 19.1. The molecule has 130 valence electrons. The molecule has 1 aromatic carbocycles. The van der Waals surface area contributed by atoms with E-state index in [0.29, 0.717) is 17.9 Å². The van der Waals surface area contributed by atoms with Crippen LogP contribution >= 0.6 is 0 Å². The van der Waals surface area contributed by atoms with E-state index in [1.165, 1.54) is 29.7 Å². The number of amides is 1. The second-order valence-corrected chi connectivity index (χ2v) is 6.06. The third-order valence-electron chi connectivity index (χ3n) is 4.22. The van der Waals surface area contributed by atoms with E-state index >= 15 is 0 Å². The van der Waals surface area contributed by atoms with Crippen LogP contribution in [-0.4, -0.2) is 46.8 Å². The summed E-state index contributed by atoms with van der Waals surface area (Å²) in [6.07, 6.45) is 2.49. The van der Waals surface area contributed by atoms with E-state index in [1.54, 1.807) is 25.2 Å². The van der Waals surface area contributed by atoms with Gasteiger partial charge in [-0.3, -0.25) is 14.4 Å². The maximum Gasteiger partial charge on any atom is 0.270 e. The van der Waals surface area contributed by atoms with Crippen LogP contribution in [0, 0.1) is 17.7 Å². The Kier molecular flexibility index (Phi) is 5.46. The lowest BCUT2D eigenvalue weighted by Gasteiger charge is -2.08. The summed E-state index contributed by atoms with van der Waals surface area (Å²) < 4.78 is 14.5. The number of carbonyl (C=O) groups excluding carboxylic acids is 1. The van der Waals surface area contributed by atoms with Gasteiger partial charge in [0.05, 0.1) is 18.8 Å². The predicted octanol–water partition coefficient (Wildman–Crippen LogP) is 2.06. The molecule has 1 saturated heterocycles.